The van der Waals surface area contributed by atoms with Gasteiger partial charge in [-0.15, -0.1) is 0 Å². The van der Waals surface area contributed by atoms with Gasteiger partial charge < -0.3 is 14.5 Å². The van der Waals surface area contributed by atoms with Crippen molar-refractivity contribution < 1.29 is 4.74 Å². The summed E-state index contributed by atoms with van der Waals surface area (Å²) in [5.74, 6) is 0. The Balaban J connectivity index is 1.40. The SMILES string of the molecule is c1cnn(CCCN2CCCO[C@@H](CN3CCCCC3)C2)c1. The van der Waals surface area contributed by atoms with E-state index in [0.29, 0.717) is 6.10 Å². The Morgan fingerprint density at radius 3 is 2.68 bits per heavy atom. The number of hydrogen-bond acceptors (Lipinski definition) is 4. The fraction of sp³-hybridized carbons (Fsp3) is 0.824. The third-order valence-electron chi connectivity index (χ3n) is 4.77. The first kappa shape index (κ1) is 16.0. The molecule has 5 nitrogen and oxygen atoms in total. The minimum absolute atomic E-state index is 0.394. The summed E-state index contributed by atoms with van der Waals surface area (Å²) in [6.07, 6.45) is 10.8. The molecule has 0 aromatic carbocycles. The smallest absolute Gasteiger partial charge is 0.0828 e. The van der Waals surface area contributed by atoms with Crippen molar-refractivity contribution in [3.63, 3.8) is 0 Å². The molecule has 3 rings (SSSR count). The molecular formula is C17H30N4O. The highest BCUT2D eigenvalue weighted by Crippen LogP contribution is 2.13. The highest BCUT2D eigenvalue weighted by atomic mass is 16.5. The molecule has 0 unspecified atom stereocenters. The van der Waals surface area contributed by atoms with Gasteiger partial charge in [0.15, 0.2) is 0 Å². The van der Waals surface area contributed by atoms with Gasteiger partial charge in [-0.05, 0) is 44.8 Å². The van der Waals surface area contributed by atoms with Crippen LogP contribution in [0.25, 0.3) is 0 Å². The maximum Gasteiger partial charge on any atom is 0.0828 e. The predicted octanol–water partition coefficient (Wildman–Crippen LogP) is 1.85. The first-order valence-electron chi connectivity index (χ1n) is 8.94. The lowest BCUT2D eigenvalue weighted by atomic mass is 10.1. The molecule has 0 spiro atoms. The van der Waals surface area contributed by atoms with Crippen LogP contribution >= 0.6 is 0 Å². The molecule has 2 saturated heterocycles. The third kappa shape index (κ3) is 5.07. The van der Waals surface area contributed by atoms with Crippen molar-refractivity contribution in [2.24, 2.45) is 0 Å². The van der Waals surface area contributed by atoms with E-state index < -0.39 is 0 Å². The zero-order chi connectivity index (χ0) is 15.0. The molecule has 0 aliphatic carbocycles. The molecule has 5 heteroatoms. The van der Waals surface area contributed by atoms with Gasteiger partial charge in [0.05, 0.1) is 6.10 Å². The number of hydrogen-bond donors (Lipinski definition) is 0. The second-order valence-electron chi connectivity index (χ2n) is 6.63. The fourth-order valence-electron chi connectivity index (χ4n) is 3.60. The summed E-state index contributed by atoms with van der Waals surface area (Å²) in [6.45, 7) is 9.01. The molecule has 2 aliphatic rings. The summed E-state index contributed by atoms with van der Waals surface area (Å²) in [7, 11) is 0. The molecule has 2 aliphatic heterocycles. The van der Waals surface area contributed by atoms with Crippen LogP contribution in [0.5, 0.6) is 0 Å². The lowest BCUT2D eigenvalue weighted by Gasteiger charge is -2.31. The topological polar surface area (TPSA) is 33.5 Å². The van der Waals surface area contributed by atoms with Crippen LogP contribution in [0.15, 0.2) is 18.5 Å². The fourth-order valence-corrected chi connectivity index (χ4v) is 3.60. The zero-order valence-corrected chi connectivity index (χ0v) is 13.7. The molecule has 0 amide bonds. The van der Waals surface area contributed by atoms with E-state index in [4.69, 9.17) is 4.74 Å². The van der Waals surface area contributed by atoms with Crippen LogP contribution in [-0.2, 0) is 11.3 Å². The van der Waals surface area contributed by atoms with Gasteiger partial charge in [0, 0.05) is 51.7 Å². The van der Waals surface area contributed by atoms with Gasteiger partial charge in [-0.1, -0.05) is 6.42 Å². The second kappa shape index (κ2) is 8.65. The molecule has 3 heterocycles. The minimum atomic E-state index is 0.394. The van der Waals surface area contributed by atoms with Crippen LogP contribution in [0.3, 0.4) is 0 Å². The summed E-state index contributed by atoms with van der Waals surface area (Å²) >= 11 is 0. The van der Waals surface area contributed by atoms with Crippen LogP contribution in [0.2, 0.25) is 0 Å². The Kier molecular flexibility index (Phi) is 6.28. The first-order chi connectivity index (χ1) is 10.9. The number of rotatable bonds is 6. The van der Waals surface area contributed by atoms with E-state index in [1.165, 1.54) is 38.9 Å². The Morgan fingerprint density at radius 2 is 1.86 bits per heavy atom. The maximum absolute atomic E-state index is 6.09. The summed E-state index contributed by atoms with van der Waals surface area (Å²) in [5, 5.41) is 4.28. The highest BCUT2D eigenvalue weighted by Gasteiger charge is 2.21. The number of likely N-dealkylation sites (tertiary alicyclic amines) is 1. The Bertz CT molecular complexity index is 403. The standard InChI is InChI=1S/C17H30N4O/c1-2-8-19(9-3-1)15-17-16-20(11-6-14-22-17)10-5-13-21-12-4-7-18-21/h4,7,12,17H,1-3,5-6,8-11,13-16H2/t17-/m0/s1. The van der Waals surface area contributed by atoms with Crippen LogP contribution in [0.1, 0.15) is 32.1 Å². The van der Waals surface area contributed by atoms with Crippen molar-refractivity contribution in [2.75, 3.05) is 45.9 Å². The Hall–Kier alpha value is -0.910. The molecule has 124 valence electrons. The van der Waals surface area contributed by atoms with Crippen molar-refractivity contribution in [1.82, 2.24) is 19.6 Å². The number of ether oxygens (including phenoxy) is 1. The van der Waals surface area contributed by atoms with Gasteiger partial charge in [0.1, 0.15) is 0 Å². The second-order valence-corrected chi connectivity index (χ2v) is 6.63. The lowest BCUT2D eigenvalue weighted by Crippen LogP contribution is -2.42. The molecule has 0 bridgehead atoms. The maximum atomic E-state index is 6.09. The van der Waals surface area contributed by atoms with E-state index in [0.717, 1.165) is 45.6 Å². The van der Waals surface area contributed by atoms with Gasteiger partial charge in [0.2, 0.25) is 0 Å². The van der Waals surface area contributed by atoms with E-state index in [-0.39, 0.29) is 0 Å². The van der Waals surface area contributed by atoms with Crippen molar-refractivity contribution >= 4 is 0 Å². The van der Waals surface area contributed by atoms with E-state index in [1.54, 1.807) is 0 Å². The van der Waals surface area contributed by atoms with Crippen molar-refractivity contribution in [2.45, 2.75) is 44.8 Å². The molecule has 2 fully saturated rings. The van der Waals surface area contributed by atoms with E-state index in [9.17, 15) is 0 Å². The molecule has 22 heavy (non-hydrogen) atoms. The van der Waals surface area contributed by atoms with Gasteiger partial charge in [-0.2, -0.15) is 5.10 Å². The third-order valence-corrected chi connectivity index (χ3v) is 4.77. The van der Waals surface area contributed by atoms with Crippen LogP contribution < -0.4 is 0 Å². The summed E-state index contributed by atoms with van der Waals surface area (Å²) < 4.78 is 8.11. The Labute approximate surface area is 134 Å². The number of aryl methyl sites for hydroxylation is 1. The molecule has 1 atom stereocenters. The normalized spacial score (nSPS) is 25.2. The Morgan fingerprint density at radius 1 is 1.00 bits per heavy atom. The molecule has 0 N–H and O–H groups in total. The van der Waals surface area contributed by atoms with Gasteiger partial charge in [-0.3, -0.25) is 4.68 Å². The average molecular weight is 306 g/mol. The summed E-state index contributed by atoms with van der Waals surface area (Å²) in [6, 6.07) is 1.99. The number of piperidine rings is 1. The van der Waals surface area contributed by atoms with E-state index >= 15 is 0 Å². The largest absolute Gasteiger partial charge is 0.376 e. The molecule has 1 aromatic rings. The quantitative estimate of drug-likeness (QED) is 0.803. The number of aromatic nitrogens is 2. The summed E-state index contributed by atoms with van der Waals surface area (Å²) in [5.41, 5.74) is 0. The molecule has 1 aromatic heterocycles. The molecular weight excluding hydrogens is 276 g/mol. The lowest BCUT2D eigenvalue weighted by molar-refractivity contribution is 0.0222. The average Bonchev–Trinajstić information content (AvgIpc) is 2.96. The van der Waals surface area contributed by atoms with Crippen molar-refractivity contribution in [1.29, 1.82) is 0 Å². The van der Waals surface area contributed by atoms with Crippen LogP contribution in [0.4, 0.5) is 0 Å². The van der Waals surface area contributed by atoms with E-state index in [2.05, 4.69) is 14.9 Å². The predicted molar refractivity (Wildman–Crippen MR) is 87.9 cm³/mol. The highest BCUT2D eigenvalue weighted by molar-refractivity contribution is 4.78. The van der Waals surface area contributed by atoms with Gasteiger partial charge in [-0.25, -0.2) is 0 Å². The van der Waals surface area contributed by atoms with E-state index in [1.807, 2.05) is 23.1 Å². The zero-order valence-electron chi connectivity index (χ0n) is 13.7. The monoisotopic (exact) mass is 306 g/mol. The minimum Gasteiger partial charge on any atom is -0.376 e. The van der Waals surface area contributed by atoms with Crippen molar-refractivity contribution in [3.8, 4) is 0 Å². The first-order valence-corrected chi connectivity index (χ1v) is 8.94. The molecule has 0 saturated carbocycles. The van der Waals surface area contributed by atoms with Gasteiger partial charge >= 0.3 is 0 Å². The van der Waals surface area contributed by atoms with Crippen LogP contribution in [-0.4, -0.2) is 71.6 Å². The van der Waals surface area contributed by atoms with Crippen molar-refractivity contribution in [3.05, 3.63) is 18.5 Å². The molecule has 0 radical (unpaired) electrons. The van der Waals surface area contributed by atoms with Crippen LogP contribution in [0, 0.1) is 0 Å². The summed E-state index contributed by atoms with van der Waals surface area (Å²) in [4.78, 5) is 5.19. The number of nitrogens with zero attached hydrogens (tertiary/aromatic N) is 4. The van der Waals surface area contributed by atoms with Gasteiger partial charge in [0.25, 0.3) is 0 Å².